The van der Waals surface area contributed by atoms with Crippen LogP contribution in [0.3, 0.4) is 0 Å². The highest BCUT2D eigenvalue weighted by Gasteiger charge is 2.18. The van der Waals surface area contributed by atoms with E-state index in [0.29, 0.717) is 0 Å². The van der Waals surface area contributed by atoms with E-state index >= 15 is 0 Å². The second-order valence-electron chi connectivity index (χ2n) is 3.43. The van der Waals surface area contributed by atoms with E-state index in [1.165, 1.54) is 14.0 Å². The molecule has 0 aliphatic carbocycles. The first-order chi connectivity index (χ1) is 8.86. The summed E-state index contributed by atoms with van der Waals surface area (Å²) in [4.78, 5) is 39.2. The second kappa shape index (κ2) is 8.85. The summed E-state index contributed by atoms with van der Waals surface area (Å²) in [5, 5.41) is 17.9. The molecule has 0 aromatic rings. The molecule has 0 heterocycles. The van der Waals surface area contributed by atoms with Crippen LogP contribution in [0.1, 0.15) is 6.92 Å². The number of rotatable bonds is 10. The lowest BCUT2D eigenvalue weighted by molar-refractivity contribution is -0.790. The smallest absolute Gasteiger partial charge is 0.310 e. The average Bonchev–Trinajstić information content (AvgIpc) is 2.33. The minimum absolute atomic E-state index is 0.0668. The first-order valence-electron chi connectivity index (χ1n) is 5.10. The lowest BCUT2D eigenvalue weighted by atomic mass is 10.2. The maximum absolute atomic E-state index is 11.0. The van der Waals surface area contributed by atoms with Crippen LogP contribution >= 0.6 is 0 Å². The van der Waals surface area contributed by atoms with E-state index in [-0.39, 0.29) is 13.2 Å². The Kier molecular flexibility index (Phi) is 7.84. The third-order valence-corrected chi connectivity index (χ3v) is 1.88. The number of carbonyl (C=O) groups is 1. The molecule has 110 valence electrons. The Bertz CT molecular complexity index is 321. The van der Waals surface area contributed by atoms with Crippen LogP contribution in [0.4, 0.5) is 0 Å². The minimum atomic E-state index is -1.26. The Morgan fingerprint density at radius 1 is 1.16 bits per heavy atom. The zero-order valence-electron chi connectivity index (χ0n) is 10.3. The van der Waals surface area contributed by atoms with Gasteiger partial charge in [0.05, 0.1) is 26.2 Å². The molecule has 0 saturated heterocycles. The van der Waals surface area contributed by atoms with Crippen LogP contribution < -0.4 is 0 Å². The quantitative estimate of drug-likeness (QED) is 0.297. The van der Waals surface area contributed by atoms with E-state index in [9.17, 15) is 25.0 Å². The van der Waals surface area contributed by atoms with E-state index in [2.05, 4.69) is 14.4 Å². The van der Waals surface area contributed by atoms with Crippen LogP contribution in [-0.2, 0) is 23.9 Å². The van der Waals surface area contributed by atoms with Crippen molar-refractivity contribution in [3.05, 3.63) is 20.2 Å². The molecule has 11 nitrogen and oxygen atoms in total. The van der Waals surface area contributed by atoms with E-state index in [4.69, 9.17) is 4.74 Å². The van der Waals surface area contributed by atoms with Crippen molar-refractivity contribution in [1.82, 2.24) is 0 Å². The normalized spacial score (nSPS) is 13.2. The highest BCUT2D eigenvalue weighted by Crippen LogP contribution is 2.01. The van der Waals surface area contributed by atoms with E-state index in [1.807, 2.05) is 0 Å². The molecule has 0 bridgehead atoms. The topological polar surface area (TPSA) is 140 Å². The molecule has 0 N–H and O–H groups in total. The molecule has 2 atom stereocenters. The van der Waals surface area contributed by atoms with Gasteiger partial charge in [-0.25, -0.2) is 0 Å². The third-order valence-electron chi connectivity index (χ3n) is 1.88. The van der Waals surface area contributed by atoms with Gasteiger partial charge in [0.25, 0.3) is 10.2 Å². The Labute approximate surface area is 107 Å². The molecule has 0 amide bonds. The van der Waals surface area contributed by atoms with E-state index < -0.39 is 34.8 Å². The van der Waals surface area contributed by atoms with Crippen LogP contribution in [0.5, 0.6) is 0 Å². The van der Waals surface area contributed by atoms with E-state index in [0.717, 1.165) is 0 Å². The van der Waals surface area contributed by atoms with Crippen molar-refractivity contribution in [1.29, 1.82) is 0 Å². The second-order valence-corrected chi connectivity index (χ2v) is 3.43. The molecule has 0 fully saturated rings. The number of carbonyl (C=O) groups excluding carboxylic acids is 1. The predicted octanol–water partition coefficient (Wildman–Crippen LogP) is -0.403. The largest absolute Gasteiger partial charge is 0.469 e. The monoisotopic (exact) mass is 282 g/mol. The Hall–Kier alpha value is -2.17. The lowest BCUT2D eigenvalue weighted by Gasteiger charge is -2.15. The predicted molar refractivity (Wildman–Crippen MR) is 56.8 cm³/mol. The van der Waals surface area contributed by atoms with Gasteiger partial charge in [0.2, 0.25) is 0 Å². The van der Waals surface area contributed by atoms with Crippen LogP contribution in [-0.4, -0.2) is 49.2 Å². The first kappa shape index (κ1) is 16.8. The molecule has 11 heteroatoms. The van der Waals surface area contributed by atoms with Crippen LogP contribution in [0.2, 0.25) is 0 Å². The molecule has 1 unspecified atom stereocenters. The SMILES string of the molecule is COC(=O)[C@H](C)COCC(CO[N+](=O)[O-])O[N+](=O)[O-]. The van der Waals surface area contributed by atoms with Gasteiger partial charge in [-0.15, -0.1) is 20.2 Å². The van der Waals surface area contributed by atoms with Crippen molar-refractivity contribution >= 4 is 5.97 Å². The van der Waals surface area contributed by atoms with Gasteiger partial charge in [0.1, 0.15) is 6.61 Å². The molecule has 0 aromatic carbocycles. The van der Waals surface area contributed by atoms with E-state index in [1.54, 1.807) is 0 Å². The first-order valence-corrected chi connectivity index (χ1v) is 5.10. The van der Waals surface area contributed by atoms with Gasteiger partial charge in [0.15, 0.2) is 6.10 Å². The summed E-state index contributed by atoms with van der Waals surface area (Å²) in [6, 6.07) is 0. The molecule has 0 spiro atoms. The van der Waals surface area contributed by atoms with Gasteiger partial charge in [-0.3, -0.25) is 4.79 Å². The van der Waals surface area contributed by atoms with Crippen molar-refractivity contribution in [3.63, 3.8) is 0 Å². The van der Waals surface area contributed by atoms with Crippen LogP contribution in [0.25, 0.3) is 0 Å². The molecule has 0 radical (unpaired) electrons. The number of hydrogen-bond donors (Lipinski definition) is 0. The van der Waals surface area contributed by atoms with Crippen molar-refractivity contribution in [3.8, 4) is 0 Å². The molecular weight excluding hydrogens is 268 g/mol. The molecule has 0 rings (SSSR count). The summed E-state index contributed by atoms with van der Waals surface area (Å²) in [7, 11) is 1.21. The zero-order valence-corrected chi connectivity index (χ0v) is 10.3. The van der Waals surface area contributed by atoms with Gasteiger partial charge in [-0.2, -0.15) is 0 Å². The number of esters is 1. The lowest BCUT2D eigenvalue weighted by Crippen LogP contribution is -2.30. The Morgan fingerprint density at radius 2 is 1.79 bits per heavy atom. The summed E-state index contributed by atoms with van der Waals surface area (Å²) >= 11 is 0. The van der Waals surface area contributed by atoms with Crippen molar-refractivity contribution in [2.45, 2.75) is 13.0 Å². The maximum atomic E-state index is 11.0. The zero-order chi connectivity index (χ0) is 14.8. The highest BCUT2D eigenvalue weighted by atomic mass is 17.0. The summed E-state index contributed by atoms with van der Waals surface area (Å²) < 4.78 is 9.42. The molecule has 0 aliphatic heterocycles. The standard InChI is InChI=1S/C8H14N2O9/c1-6(8(11)16-2)3-17-4-7(19-10(14)15)5-18-9(12)13/h6-7H,3-5H2,1-2H3/t6-,7?/m1/s1. The third kappa shape index (κ3) is 8.54. The summed E-state index contributed by atoms with van der Waals surface area (Å²) in [5.41, 5.74) is 0. The van der Waals surface area contributed by atoms with Gasteiger partial charge in [-0.1, -0.05) is 0 Å². The van der Waals surface area contributed by atoms with Crippen molar-refractivity contribution < 1.29 is 34.1 Å². The minimum Gasteiger partial charge on any atom is -0.469 e. The molecule has 0 saturated carbocycles. The van der Waals surface area contributed by atoms with Crippen molar-refractivity contribution in [2.75, 3.05) is 26.9 Å². The van der Waals surface area contributed by atoms with Crippen LogP contribution in [0, 0.1) is 26.1 Å². The number of hydrogen-bond acceptors (Lipinski definition) is 9. The summed E-state index contributed by atoms with van der Waals surface area (Å²) in [5.74, 6) is -1.08. The van der Waals surface area contributed by atoms with Crippen LogP contribution in [0.15, 0.2) is 0 Å². The van der Waals surface area contributed by atoms with Gasteiger partial charge in [0, 0.05) is 0 Å². The Balaban J connectivity index is 4.07. The fourth-order valence-electron chi connectivity index (χ4n) is 1.02. The van der Waals surface area contributed by atoms with Gasteiger partial charge in [-0.05, 0) is 6.92 Å². The van der Waals surface area contributed by atoms with Crippen molar-refractivity contribution in [2.24, 2.45) is 5.92 Å². The van der Waals surface area contributed by atoms with Gasteiger partial charge >= 0.3 is 5.97 Å². The fraction of sp³-hybridized carbons (Fsp3) is 0.875. The number of nitrogens with zero attached hydrogens (tertiary/aromatic N) is 2. The molecule has 19 heavy (non-hydrogen) atoms. The number of methoxy groups -OCH3 is 1. The summed E-state index contributed by atoms with van der Waals surface area (Å²) in [6.45, 7) is 0.474. The highest BCUT2D eigenvalue weighted by molar-refractivity contribution is 5.71. The Morgan fingerprint density at radius 3 is 2.26 bits per heavy atom. The van der Waals surface area contributed by atoms with Gasteiger partial charge < -0.3 is 19.1 Å². The number of ether oxygens (including phenoxy) is 2. The summed E-state index contributed by atoms with van der Waals surface area (Å²) in [6.07, 6.45) is -1.26. The fourth-order valence-corrected chi connectivity index (χ4v) is 1.02. The molecular formula is C8H14N2O9. The maximum Gasteiger partial charge on any atom is 0.310 e. The molecule has 0 aromatic heterocycles. The molecule has 0 aliphatic rings. The average molecular weight is 282 g/mol.